The first-order valence-electron chi connectivity index (χ1n) is 15.2. The van der Waals surface area contributed by atoms with Gasteiger partial charge in [-0.1, -0.05) is 31.6 Å². The summed E-state index contributed by atoms with van der Waals surface area (Å²) >= 11 is 0. The zero-order valence-corrected chi connectivity index (χ0v) is 24.6. The van der Waals surface area contributed by atoms with Crippen molar-refractivity contribution in [2.24, 2.45) is 0 Å². The first-order valence-corrected chi connectivity index (χ1v) is 15.2. The number of amides is 2. The fourth-order valence-corrected chi connectivity index (χ4v) is 6.14. The van der Waals surface area contributed by atoms with Gasteiger partial charge in [-0.05, 0) is 75.0 Å². The fraction of sp³-hybridized carbons (Fsp3) is 0.364. The molecule has 6 rings (SSSR count). The Balaban J connectivity index is 1.24. The number of anilines is 2. The lowest BCUT2D eigenvalue weighted by Gasteiger charge is -2.22. The Morgan fingerprint density at radius 3 is 2.65 bits per heavy atom. The van der Waals surface area contributed by atoms with Crippen molar-refractivity contribution in [1.82, 2.24) is 29.2 Å². The van der Waals surface area contributed by atoms with Gasteiger partial charge in [0.05, 0.1) is 6.04 Å². The van der Waals surface area contributed by atoms with Crippen LogP contribution in [-0.4, -0.2) is 67.1 Å². The van der Waals surface area contributed by atoms with E-state index in [9.17, 15) is 9.59 Å². The van der Waals surface area contributed by atoms with Gasteiger partial charge < -0.3 is 16.0 Å². The molecule has 222 valence electrons. The third-order valence-corrected chi connectivity index (χ3v) is 8.29. The van der Waals surface area contributed by atoms with Gasteiger partial charge in [-0.3, -0.25) is 18.9 Å². The molecule has 1 atom stereocenters. The molecule has 0 spiro atoms. The molecule has 0 saturated carbocycles. The van der Waals surface area contributed by atoms with E-state index in [0.717, 1.165) is 62.3 Å². The quantitative estimate of drug-likeness (QED) is 0.271. The van der Waals surface area contributed by atoms with E-state index in [4.69, 9.17) is 10.7 Å². The van der Waals surface area contributed by atoms with Crippen molar-refractivity contribution in [2.75, 3.05) is 37.2 Å². The van der Waals surface area contributed by atoms with Crippen LogP contribution in [0.3, 0.4) is 0 Å². The summed E-state index contributed by atoms with van der Waals surface area (Å²) in [6.07, 6.45) is 15.0. The monoisotopic (exact) mass is 578 g/mol. The molecule has 10 heteroatoms. The molecule has 43 heavy (non-hydrogen) atoms. The second-order valence-corrected chi connectivity index (χ2v) is 11.3. The van der Waals surface area contributed by atoms with E-state index < -0.39 is 0 Å². The maximum atomic E-state index is 13.3. The molecule has 4 aromatic rings. The van der Waals surface area contributed by atoms with Gasteiger partial charge in [0.15, 0.2) is 0 Å². The molecule has 2 amide bonds. The lowest BCUT2D eigenvalue weighted by molar-refractivity contribution is -0.127. The lowest BCUT2D eigenvalue weighted by Crippen LogP contribution is -2.30. The Kier molecular flexibility index (Phi) is 8.46. The Morgan fingerprint density at radius 2 is 1.86 bits per heavy atom. The van der Waals surface area contributed by atoms with E-state index in [2.05, 4.69) is 27.1 Å². The molecule has 2 aliphatic rings. The highest BCUT2D eigenvalue weighted by Crippen LogP contribution is 2.36. The average Bonchev–Trinajstić information content (AvgIpc) is 3.78. The van der Waals surface area contributed by atoms with E-state index in [1.165, 1.54) is 12.8 Å². The highest BCUT2D eigenvalue weighted by molar-refractivity contribution is 6.04. The number of rotatable bonds is 9. The predicted octanol–water partition coefficient (Wildman–Crippen LogP) is 4.89. The number of pyridine rings is 1. The Morgan fingerprint density at radius 1 is 1.05 bits per heavy atom. The first kappa shape index (κ1) is 28.5. The number of nitrogen functional groups attached to an aromatic ring is 1. The second kappa shape index (κ2) is 12.7. The highest BCUT2D eigenvalue weighted by Gasteiger charge is 2.33. The van der Waals surface area contributed by atoms with Gasteiger partial charge >= 0.3 is 0 Å². The molecule has 0 unspecified atom stereocenters. The van der Waals surface area contributed by atoms with E-state index in [1.54, 1.807) is 30.6 Å². The third-order valence-electron chi connectivity index (χ3n) is 8.29. The first-order chi connectivity index (χ1) is 21.0. The number of imidazole rings is 1. The van der Waals surface area contributed by atoms with E-state index in [-0.39, 0.29) is 17.9 Å². The number of hydrogen-bond donors (Lipinski definition) is 2. The predicted molar refractivity (Wildman–Crippen MR) is 168 cm³/mol. The molecule has 0 bridgehead atoms. The molecular weight excluding hydrogens is 540 g/mol. The van der Waals surface area contributed by atoms with Crippen molar-refractivity contribution >= 4 is 29.0 Å². The van der Waals surface area contributed by atoms with Gasteiger partial charge in [-0.15, -0.1) is 0 Å². The van der Waals surface area contributed by atoms with Gasteiger partial charge in [0.2, 0.25) is 5.91 Å². The van der Waals surface area contributed by atoms with Gasteiger partial charge in [0.1, 0.15) is 28.7 Å². The zero-order chi connectivity index (χ0) is 29.8. The number of nitrogens with zero attached hydrogens (tertiary/aromatic N) is 6. The van der Waals surface area contributed by atoms with Crippen molar-refractivity contribution in [3.63, 3.8) is 0 Å². The zero-order valence-electron chi connectivity index (χ0n) is 24.6. The number of nitrogens with one attached hydrogen (secondary N) is 1. The number of benzene rings is 1. The topological polar surface area (TPSA) is 122 Å². The van der Waals surface area contributed by atoms with Crippen LogP contribution in [0.4, 0.5) is 11.6 Å². The van der Waals surface area contributed by atoms with E-state index >= 15 is 0 Å². The summed E-state index contributed by atoms with van der Waals surface area (Å²) in [5.74, 6) is 1.43. The average molecular weight is 579 g/mol. The fourth-order valence-electron chi connectivity index (χ4n) is 6.14. The summed E-state index contributed by atoms with van der Waals surface area (Å²) in [6, 6.07) is 11.0. The van der Waals surface area contributed by atoms with Crippen LogP contribution in [0, 0.1) is 0 Å². The van der Waals surface area contributed by atoms with E-state index in [0.29, 0.717) is 35.0 Å². The third kappa shape index (κ3) is 6.15. The number of carbonyl (C=O) groups excluding carboxylic acids is 2. The van der Waals surface area contributed by atoms with Gasteiger partial charge in [-0.2, -0.15) is 0 Å². The second-order valence-electron chi connectivity index (χ2n) is 11.3. The van der Waals surface area contributed by atoms with E-state index in [1.807, 2.05) is 45.8 Å². The van der Waals surface area contributed by atoms with Crippen LogP contribution < -0.4 is 11.1 Å². The molecule has 5 heterocycles. The number of hydrogen-bond acceptors (Lipinski definition) is 7. The van der Waals surface area contributed by atoms with Crippen LogP contribution in [-0.2, 0) is 11.2 Å². The maximum Gasteiger partial charge on any atom is 0.256 e. The van der Waals surface area contributed by atoms with Crippen molar-refractivity contribution < 1.29 is 9.59 Å². The molecule has 2 fully saturated rings. The normalized spacial score (nSPS) is 17.3. The van der Waals surface area contributed by atoms with Crippen LogP contribution in [0.25, 0.3) is 16.8 Å². The van der Waals surface area contributed by atoms with Crippen LogP contribution in [0.2, 0.25) is 0 Å². The Hall–Kier alpha value is -4.57. The molecule has 1 aromatic carbocycles. The molecule has 2 saturated heterocycles. The van der Waals surface area contributed by atoms with Crippen LogP contribution in [0.15, 0.2) is 67.1 Å². The minimum Gasteiger partial charge on any atom is -0.382 e. The summed E-state index contributed by atoms with van der Waals surface area (Å²) in [4.78, 5) is 44.2. The van der Waals surface area contributed by atoms with Crippen molar-refractivity contribution in [3.8, 4) is 11.3 Å². The van der Waals surface area contributed by atoms with Crippen molar-refractivity contribution in [1.29, 1.82) is 0 Å². The number of nitrogens with two attached hydrogens (primary N) is 1. The molecule has 10 nitrogen and oxygen atoms in total. The summed E-state index contributed by atoms with van der Waals surface area (Å²) in [6.45, 7) is 5.80. The maximum absolute atomic E-state index is 13.3. The molecular formula is C33H38N8O2. The Bertz CT molecular complexity index is 1640. The minimum atomic E-state index is -0.234. The summed E-state index contributed by atoms with van der Waals surface area (Å²) in [7, 11) is 0. The number of carbonyl (C=O) groups is 2. The smallest absolute Gasteiger partial charge is 0.256 e. The van der Waals surface area contributed by atoms with Crippen molar-refractivity contribution in [2.45, 2.75) is 51.5 Å². The van der Waals surface area contributed by atoms with Crippen LogP contribution in [0.5, 0.6) is 0 Å². The largest absolute Gasteiger partial charge is 0.382 e. The highest BCUT2D eigenvalue weighted by atomic mass is 16.2. The number of likely N-dealkylation sites (tertiary alicyclic amines) is 2. The number of fused-ring (bicyclic) bond motifs is 1. The lowest BCUT2D eigenvalue weighted by atomic mass is 10.1. The molecule has 0 radical (unpaired) electrons. The Labute approximate surface area is 251 Å². The molecule has 2 aliphatic heterocycles. The molecule has 0 aliphatic carbocycles. The summed E-state index contributed by atoms with van der Waals surface area (Å²) in [5, 5.41) is 2.90. The van der Waals surface area contributed by atoms with Gasteiger partial charge in [-0.25, -0.2) is 15.0 Å². The summed E-state index contributed by atoms with van der Waals surface area (Å²) in [5.41, 5.74) is 10.2. The number of aryl methyl sites for hydroxylation is 1. The summed E-state index contributed by atoms with van der Waals surface area (Å²) < 4.78 is 1.96. The minimum absolute atomic E-state index is 0.00658. The number of aromatic nitrogens is 4. The van der Waals surface area contributed by atoms with Crippen LogP contribution in [0.1, 0.15) is 66.8 Å². The van der Waals surface area contributed by atoms with Gasteiger partial charge in [0.25, 0.3) is 5.91 Å². The van der Waals surface area contributed by atoms with Crippen LogP contribution >= 0.6 is 0 Å². The van der Waals surface area contributed by atoms with Crippen molar-refractivity contribution in [3.05, 3.63) is 84.1 Å². The molecule has 3 N–H and O–H groups in total. The van der Waals surface area contributed by atoms with Gasteiger partial charge in [0, 0.05) is 48.9 Å². The standard InChI is InChI=1S/C33H38N8O2/c1-2-7-23-14-15-35-27(22-23)37-33(43)25-12-10-24(11-13-25)29-30-31(34)36-16-21-41(30)32(38-29)26-8-5-20-40(26)28(42)9-6-19-39-17-3-4-18-39/h6,9-16,21-22,26H,2-5,7-8,17-20H2,1H3,(H2,34,36)(H,35,37,43)/t26-/m0/s1. The SMILES string of the molecule is CCCc1ccnc(NC(=O)c2ccc(-c3nc([C@@H]4CCCN4C(=O)C=CCN4CCCC4)n4ccnc(N)c34)cc2)c1. The molecule has 3 aromatic heterocycles.